The predicted molar refractivity (Wildman–Crippen MR) is 70.2 cm³/mol. The van der Waals surface area contributed by atoms with Crippen LogP contribution in [0.15, 0.2) is 41.3 Å². The van der Waals surface area contributed by atoms with Crippen LogP contribution in [0.25, 0.3) is 10.8 Å². The number of fused-ring (bicyclic) bond motifs is 1. The Kier molecular flexibility index (Phi) is 2.52. The molecule has 0 unspecified atom stereocenters. The van der Waals surface area contributed by atoms with Gasteiger partial charge in [-0.15, -0.1) is 0 Å². The van der Waals surface area contributed by atoms with Crippen LogP contribution in [0.5, 0.6) is 5.75 Å². The van der Waals surface area contributed by atoms with Gasteiger partial charge in [-0.05, 0) is 31.0 Å². The Labute approximate surface area is 98.5 Å². The van der Waals surface area contributed by atoms with Gasteiger partial charge in [-0.3, -0.25) is 0 Å². The highest BCUT2D eigenvalue weighted by Crippen LogP contribution is 2.33. The molecule has 1 aliphatic rings. The number of hydrogen-bond donors (Lipinski definition) is 1. The number of aromatic hydroxyl groups is 1. The van der Waals surface area contributed by atoms with E-state index in [0.717, 1.165) is 5.39 Å². The lowest BCUT2D eigenvalue weighted by atomic mass is 10.1. The van der Waals surface area contributed by atoms with Gasteiger partial charge in [0.25, 0.3) is 0 Å². The summed E-state index contributed by atoms with van der Waals surface area (Å²) >= 11 is 0. The third kappa shape index (κ3) is 1.57. The van der Waals surface area contributed by atoms with E-state index in [0.29, 0.717) is 16.6 Å². The number of hydrogen-bond acceptors (Lipinski definition) is 1. The number of phenols is 1. The van der Waals surface area contributed by atoms with Gasteiger partial charge in [0.15, 0.2) is 4.90 Å². The molecule has 1 heterocycles. The topological polar surface area (TPSA) is 20.2 Å². The van der Waals surface area contributed by atoms with Gasteiger partial charge in [0.05, 0.1) is 0 Å². The first-order valence-electron chi connectivity index (χ1n) is 5.74. The zero-order valence-electron chi connectivity index (χ0n) is 9.15. The fourth-order valence-corrected chi connectivity index (χ4v) is 4.88. The highest BCUT2D eigenvalue weighted by molar-refractivity contribution is 7.97. The van der Waals surface area contributed by atoms with Gasteiger partial charge in [-0.25, -0.2) is 0 Å². The van der Waals surface area contributed by atoms with E-state index in [2.05, 4.69) is 18.2 Å². The van der Waals surface area contributed by atoms with Crippen LogP contribution in [0.3, 0.4) is 0 Å². The zero-order valence-corrected chi connectivity index (χ0v) is 9.96. The van der Waals surface area contributed by atoms with Crippen LogP contribution in [0.4, 0.5) is 0 Å². The lowest BCUT2D eigenvalue weighted by Crippen LogP contribution is -2.04. The third-order valence-electron chi connectivity index (χ3n) is 3.20. The minimum atomic E-state index is 0.405. The number of phenolic OH excluding ortho intramolecular Hbond substituents is 1. The van der Waals surface area contributed by atoms with Crippen molar-refractivity contribution in [3.63, 3.8) is 0 Å². The molecule has 0 aliphatic carbocycles. The van der Waals surface area contributed by atoms with Crippen LogP contribution in [0.2, 0.25) is 0 Å². The highest BCUT2D eigenvalue weighted by Gasteiger charge is 2.28. The van der Waals surface area contributed by atoms with Crippen LogP contribution < -0.4 is 0 Å². The minimum Gasteiger partial charge on any atom is -0.507 e. The predicted octanol–water partition coefficient (Wildman–Crippen LogP) is 3.32. The lowest BCUT2D eigenvalue weighted by Gasteiger charge is -2.06. The molecular formula is C14H15OS+. The molecule has 0 bridgehead atoms. The maximum atomic E-state index is 9.84. The van der Waals surface area contributed by atoms with E-state index in [1.807, 2.05) is 18.2 Å². The molecule has 1 saturated heterocycles. The largest absolute Gasteiger partial charge is 0.507 e. The standard InChI is InChI=1S/C14H14OS/c15-13-7-8-14(16-9-3-4-10-16)12-6-2-1-5-11(12)13/h1-2,5-8H,3-4,9-10H2/p+1. The second kappa shape index (κ2) is 4.02. The molecule has 0 saturated carbocycles. The van der Waals surface area contributed by atoms with Crippen molar-refractivity contribution in [2.24, 2.45) is 0 Å². The lowest BCUT2D eigenvalue weighted by molar-refractivity contribution is 0.481. The van der Waals surface area contributed by atoms with E-state index in [4.69, 9.17) is 0 Å². The summed E-state index contributed by atoms with van der Waals surface area (Å²) in [5.41, 5.74) is 0. The normalized spacial score (nSPS) is 17.0. The van der Waals surface area contributed by atoms with Crippen molar-refractivity contribution in [3.05, 3.63) is 36.4 Å². The van der Waals surface area contributed by atoms with Crippen molar-refractivity contribution in [2.45, 2.75) is 17.7 Å². The molecule has 1 N–H and O–H groups in total. The Morgan fingerprint density at radius 1 is 0.875 bits per heavy atom. The zero-order chi connectivity index (χ0) is 11.0. The SMILES string of the molecule is Oc1ccc([S+]2CCCC2)c2ccccc12. The maximum absolute atomic E-state index is 9.84. The maximum Gasteiger partial charge on any atom is 0.162 e. The summed E-state index contributed by atoms with van der Waals surface area (Å²) in [6, 6.07) is 12.2. The van der Waals surface area contributed by atoms with Crippen LogP contribution in [0.1, 0.15) is 12.8 Å². The molecule has 0 radical (unpaired) electrons. The second-order valence-corrected chi connectivity index (χ2v) is 6.48. The molecule has 0 amide bonds. The monoisotopic (exact) mass is 231 g/mol. The second-order valence-electron chi connectivity index (χ2n) is 4.24. The molecule has 0 atom stereocenters. The summed E-state index contributed by atoms with van der Waals surface area (Å²) < 4.78 is 0. The fraction of sp³-hybridized carbons (Fsp3) is 0.286. The molecule has 0 aromatic heterocycles. The average Bonchev–Trinajstić information content (AvgIpc) is 2.83. The van der Waals surface area contributed by atoms with E-state index in [9.17, 15) is 5.11 Å². The van der Waals surface area contributed by atoms with Crippen molar-refractivity contribution in [2.75, 3.05) is 11.5 Å². The molecule has 1 nitrogen and oxygen atoms in total. The number of benzene rings is 2. The Balaban J connectivity index is 2.21. The van der Waals surface area contributed by atoms with E-state index >= 15 is 0 Å². The smallest absolute Gasteiger partial charge is 0.162 e. The molecular weight excluding hydrogens is 216 g/mol. The van der Waals surface area contributed by atoms with Crippen LogP contribution in [-0.2, 0) is 10.9 Å². The van der Waals surface area contributed by atoms with Gasteiger partial charge in [0, 0.05) is 21.7 Å². The minimum absolute atomic E-state index is 0.405. The van der Waals surface area contributed by atoms with Gasteiger partial charge in [0.2, 0.25) is 0 Å². The quantitative estimate of drug-likeness (QED) is 0.746. The van der Waals surface area contributed by atoms with Gasteiger partial charge in [-0.1, -0.05) is 18.2 Å². The van der Waals surface area contributed by atoms with Gasteiger partial charge in [0.1, 0.15) is 17.3 Å². The molecule has 2 heteroatoms. The summed E-state index contributed by atoms with van der Waals surface area (Å²) in [5, 5.41) is 12.1. The Hall–Kier alpha value is -1.15. The summed E-state index contributed by atoms with van der Waals surface area (Å²) in [7, 11) is 0.415. The molecule has 16 heavy (non-hydrogen) atoms. The van der Waals surface area contributed by atoms with Crippen molar-refractivity contribution in [1.82, 2.24) is 0 Å². The summed E-state index contributed by atoms with van der Waals surface area (Å²) in [6.45, 7) is 0. The summed E-state index contributed by atoms with van der Waals surface area (Å²) in [5.74, 6) is 3.06. The molecule has 2 aromatic rings. The van der Waals surface area contributed by atoms with Gasteiger partial charge in [-0.2, -0.15) is 0 Å². The fourth-order valence-electron chi connectivity index (χ4n) is 2.38. The van der Waals surface area contributed by atoms with Crippen molar-refractivity contribution in [1.29, 1.82) is 0 Å². The molecule has 2 aromatic carbocycles. The van der Waals surface area contributed by atoms with E-state index in [1.54, 1.807) is 0 Å². The first-order chi connectivity index (χ1) is 7.86. The van der Waals surface area contributed by atoms with Crippen molar-refractivity contribution < 1.29 is 5.11 Å². The Morgan fingerprint density at radius 3 is 2.31 bits per heavy atom. The first kappa shape index (κ1) is 10.0. The molecule has 1 fully saturated rings. The van der Waals surface area contributed by atoms with Crippen LogP contribution >= 0.6 is 0 Å². The Morgan fingerprint density at radius 2 is 1.56 bits per heavy atom. The third-order valence-corrected chi connectivity index (χ3v) is 5.74. The molecule has 1 aliphatic heterocycles. The van der Waals surface area contributed by atoms with E-state index in [1.165, 1.54) is 34.6 Å². The molecule has 0 spiro atoms. The molecule has 3 rings (SSSR count). The summed E-state index contributed by atoms with van der Waals surface area (Å²) in [4.78, 5) is 1.45. The number of rotatable bonds is 1. The van der Waals surface area contributed by atoms with E-state index < -0.39 is 0 Å². The van der Waals surface area contributed by atoms with Crippen LogP contribution in [-0.4, -0.2) is 16.6 Å². The van der Waals surface area contributed by atoms with Gasteiger partial charge >= 0.3 is 0 Å². The van der Waals surface area contributed by atoms with Gasteiger partial charge < -0.3 is 5.11 Å². The molecule has 82 valence electrons. The Bertz CT molecular complexity index is 515. The average molecular weight is 231 g/mol. The van der Waals surface area contributed by atoms with Crippen LogP contribution in [0, 0.1) is 0 Å². The highest BCUT2D eigenvalue weighted by atomic mass is 32.2. The summed E-state index contributed by atoms with van der Waals surface area (Å²) in [6.07, 6.45) is 2.72. The van der Waals surface area contributed by atoms with Crippen molar-refractivity contribution in [3.8, 4) is 5.75 Å². The van der Waals surface area contributed by atoms with Crippen molar-refractivity contribution >= 4 is 21.7 Å². The first-order valence-corrected chi connectivity index (χ1v) is 7.31. The van der Waals surface area contributed by atoms with E-state index in [-0.39, 0.29) is 0 Å².